The van der Waals surface area contributed by atoms with E-state index in [1.165, 1.54) is 7.11 Å². The lowest BCUT2D eigenvalue weighted by Gasteiger charge is -2.29. The summed E-state index contributed by atoms with van der Waals surface area (Å²) in [5.74, 6) is -0.386. The second kappa shape index (κ2) is 5.69. The number of likely N-dealkylation sites (tertiary alicyclic amines) is 1. The molecule has 2 unspecified atom stereocenters. The Labute approximate surface area is 120 Å². The molecular formula is C13H15BrN2O3. The fourth-order valence-electron chi connectivity index (χ4n) is 2.37. The summed E-state index contributed by atoms with van der Waals surface area (Å²) >= 11 is 3.35. The summed E-state index contributed by atoms with van der Waals surface area (Å²) < 4.78 is 5.61. The molecule has 5 nitrogen and oxygen atoms in total. The summed E-state index contributed by atoms with van der Waals surface area (Å²) in [5.41, 5.74) is 0.888. The molecule has 1 aliphatic rings. The topological polar surface area (TPSA) is 59.5 Å². The average molecular weight is 327 g/mol. The molecular weight excluding hydrogens is 312 g/mol. The second-order valence-corrected chi connectivity index (χ2v) is 5.41. The predicted molar refractivity (Wildman–Crippen MR) is 72.2 cm³/mol. The van der Waals surface area contributed by atoms with Gasteiger partial charge in [0.15, 0.2) is 0 Å². The van der Waals surface area contributed by atoms with Crippen molar-refractivity contribution in [2.45, 2.75) is 31.8 Å². The first-order valence-corrected chi connectivity index (χ1v) is 6.83. The fourth-order valence-corrected chi connectivity index (χ4v) is 2.76. The molecule has 102 valence electrons. The smallest absolute Gasteiger partial charge is 0.328 e. The van der Waals surface area contributed by atoms with Crippen LogP contribution in [0.2, 0.25) is 0 Å². The number of methoxy groups -OCH3 is 1. The molecule has 0 aliphatic carbocycles. The molecule has 0 saturated carbocycles. The van der Waals surface area contributed by atoms with E-state index in [1.54, 1.807) is 17.3 Å². The van der Waals surface area contributed by atoms with E-state index in [0.717, 1.165) is 10.0 Å². The van der Waals surface area contributed by atoms with Gasteiger partial charge in [0, 0.05) is 23.3 Å². The summed E-state index contributed by atoms with van der Waals surface area (Å²) in [6, 6.07) is 1.20. The lowest BCUT2D eigenvalue weighted by molar-refractivity contribution is -0.150. The Morgan fingerprint density at radius 2 is 2.32 bits per heavy atom. The maximum absolute atomic E-state index is 12.0. The van der Waals surface area contributed by atoms with Crippen molar-refractivity contribution >= 4 is 27.8 Å². The Balaban J connectivity index is 2.27. The zero-order valence-electron chi connectivity index (χ0n) is 10.8. The SMILES string of the molecule is COC(=O)C1CCC(=O)N1C(C)c1cncc(Br)c1. The van der Waals surface area contributed by atoms with E-state index >= 15 is 0 Å². The molecule has 1 amide bonds. The van der Waals surface area contributed by atoms with E-state index in [-0.39, 0.29) is 17.9 Å². The number of aromatic nitrogens is 1. The Kier molecular flexibility index (Phi) is 4.19. The monoisotopic (exact) mass is 326 g/mol. The summed E-state index contributed by atoms with van der Waals surface area (Å²) in [6.07, 6.45) is 4.28. The molecule has 0 bridgehead atoms. The Morgan fingerprint density at radius 3 is 2.95 bits per heavy atom. The Bertz CT molecular complexity index is 506. The first-order chi connectivity index (χ1) is 9.04. The number of halogens is 1. The van der Waals surface area contributed by atoms with Crippen LogP contribution < -0.4 is 0 Å². The van der Waals surface area contributed by atoms with Gasteiger partial charge in [0.05, 0.1) is 13.2 Å². The minimum absolute atomic E-state index is 0.0251. The zero-order chi connectivity index (χ0) is 14.0. The van der Waals surface area contributed by atoms with Crippen molar-refractivity contribution in [2.75, 3.05) is 7.11 Å². The maximum atomic E-state index is 12.0. The number of rotatable bonds is 3. The molecule has 2 rings (SSSR count). The molecule has 1 aromatic rings. The summed E-state index contributed by atoms with van der Waals surface area (Å²) in [7, 11) is 1.34. The zero-order valence-corrected chi connectivity index (χ0v) is 12.4. The molecule has 1 saturated heterocycles. The van der Waals surface area contributed by atoms with Crippen LogP contribution in [-0.2, 0) is 14.3 Å². The Hall–Kier alpha value is -1.43. The third-order valence-electron chi connectivity index (χ3n) is 3.35. The molecule has 0 N–H and O–H groups in total. The van der Waals surface area contributed by atoms with Gasteiger partial charge in [-0.25, -0.2) is 4.79 Å². The maximum Gasteiger partial charge on any atom is 0.328 e. The predicted octanol–water partition coefficient (Wildman–Crippen LogP) is 2.07. The van der Waals surface area contributed by atoms with Crippen molar-refractivity contribution < 1.29 is 14.3 Å². The van der Waals surface area contributed by atoms with Crippen molar-refractivity contribution in [1.29, 1.82) is 0 Å². The first kappa shape index (κ1) is 14.0. The number of nitrogens with zero attached hydrogens (tertiary/aromatic N) is 2. The second-order valence-electron chi connectivity index (χ2n) is 4.49. The van der Waals surface area contributed by atoms with Crippen molar-refractivity contribution in [3.8, 4) is 0 Å². The number of hydrogen-bond donors (Lipinski definition) is 0. The van der Waals surface area contributed by atoms with Crippen LogP contribution in [0.5, 0.6) is 0 Å². The molecule has 1 aromatic heterocycles. The third-order valence-corrected chi connectivity index (χ3v) is 3.79. The third kappa shape index (κ3) is 2.78. The molecule has 6 heteroatoms. The van der Waals surface area contributed by atoms with Crippen LogP contribution in [0.4, 0.5) is 0 Å². The number of carbonyl (C=O) groups excluding carboxylic acids is 2. The van der Waals surface area contributed by atoms with Gasteiger partial charge < -0.3 is 9.64 Å². The normalized spacial score (nSPS) is 20.5. The summed E-state index contributed by atoms with van der Waals surface area (Å²) in [4.78, 5) is 29.4. The van der Waals surface area contributed by atoms with Gasteiger partial charge in [0.1, 0.15) is 6.04 Å². The number of hydrogen-bond acceptors (Lipinski definition) is 4. The van der Waals surface area contributed by atoms with E-state index in [9.17, 15) is 9.59 Å². The van der Waals surface area contributed by atoms with Gasteiger partial charge in [0.25, 0.3) is 0 Å². The average Bonchev–Trinajstić information content (AvgIpc) is 2.79. The lowest BCUT2D eigenvalue weighted by atomic mass is 10.1. The van der Waals surface area contributed by atoms with Crippen LogP contribution in [0, 0.1) is 0 Å². The van der Waals surface area contributed by atoms with Gasteiger partial charge in [-0.05, 0) is 40.9 Å². The Morgan fingerprint density at radius 1 is 1.58 bits per heavy atom. The van der Waals surface area contributed by atoms with Crippen LogP contribution in [0.25, 0.3) is 0 Å². The van der Waals surface area contributed by atoms with E-state index in [2.05, 4.69) is 20.9 Å². The minimum atomic E-state index is -0.494. The van der Waals surface area contributed by atoms with Crippen molar-refractivity contribution in [3.05, 3.63) is 28.5 Å². The van der Waals surface area contributed by atoms with Crippen molar-refractivity contribution in [2.24, 2.45) is 0 Å². The van der Waals surface area contributed by atoms with Gasteiger partial charge in [-0.3, -0.25) is 9.78 Å². The number of esters is 1. The van der Waals surface area contributed by atoms with Gasteiger partial charge in [0.2, 0.25) is 5.91 Å². The van der Waals surface area contributed by atoms with E-state index in [1.807, 2.05) is 13.0 Å². The van der Waals surface area contributed by atoms with Gasteiger partial charge in [-0.15, -0.1) is 0 Å². The van der Waals surface area contributed by atoms with Crippen molar-refractivity contribution in [1.82, 2.24) is 9.88 Å². The fraction of sp³-hybridized carbons (Fsp3) is 0.462. The number of carbonyl (C=O) groups is 2. The molecule has 2 heterocycles. The number of pyridine rings is 1. The molecule has 1 aliphatic heterocycles. The molecule has 0 radical (unpaired) electrons. The minimum Gasteiger partial charge on any atom is -0.467 e. The standard InChI is InChI=1S/C13H15BrN2O3/c1-8(9-5-10(14)7-15-6-9)16-11(13(18)19-2)3-4-12(16)17/h5-8,11H,3-4H2,1-2H3. The lowest BCUT2D eigenvalue weighted by Crippen LogP contribution is -2.40. The summed E-state index contributed by atoms with van der Waals surface area (Å²) in [6.45, 7) is 1.89. The highest BCUT2D eigenvalue weighted by Crippen LogP contribution is 2.31. The quantitative estimate of drug-likeness (QED) is 0.798. The molecule has 1 fully saturated rings. The van der Waals surface area contributed by atoms with E-state index in [0.29, 0.717) is 12.8 Å². The first-order valence-electron chi connectivity index (χ1n) is 6.04. The van der Waals surface area contributed by atoms with Crippen LogP contribution in [0.1, 0.15) is 31.4 Å². The number of ether oxygens (including phenoxy) is 1. The molecule has 19 heavy (non-hydrogen) atoms. The van der Waals surface area contributed by atoms with E-state index < -0.39 is 6.04 Å². The van der Waals surface area contributed by atoms with Crippen molar-refractivity contribution in [3.63, 3.8) is 0 Å². The molecule has 2 atom stereocenters. The van der Waals surface area contributed by atoms with E-state index in [4.69, 9.17) is 4.74 Å². The number of amides is 1. The highest BCUT2D eigenvalue weighted by molar-refractivity contribution is 9.10. The van der Waals surface area contributed by atoms with Crippen LogP contribution >= 0.6 is 15.9 Å². The van der Waals surface area contributed by atoms with Crippen LogP contribution in [-0.4, -0.2) is 34.9 Å². The van der Waals surface area contributed by atoms with Crippen LogP contribution in [0.15, 0.2) is 22.9 Å². The summed E-state index contributed by atoms with van der Waals surface area (Å²) in [5, 5.41) is 0. The largest absolute Gasteiger partial charge is 0.467 e. The highest BCUT2D eigenvalue weighted by atomic mass is 79.9. The van der Waals surface area contributed by atoms with Gasteiger partial charge >= 0.3 is 5.97 Å². The molecule has 0 aromatic carbocycles. The highest BCUT2D eigenvalue weighted by Gasteiger charge is 2.39. The van der Waals surface area contributed by atoms with Crippen LogP contribution in [0.3, 0.4) is 0 Å². The molecule has 0 spiro atoms. The van der Waals surface area contributed by atoms with Gasteiger partial charge in [-0.2, -0.15) is 0 Å². The van der Waals surface area contributed by atoms with Gasteiger partial charge in [-0.1, -0.05) is 0 Å².